The molecule has 4 aromatic rings. The quantitative estimate of drug-likeness (QED) is 0.178. The highest BCUT2D eigenvalue weighted by Crippen LogP contribution is 2.39. The molecule has 1 aromatic heterocycles. The number of amides is 3. The molecule has 3 aromatic carbocycles. The van der Waals surface area contributed by atoms with E-state index in [9.17, 15) is 18.4 Å². The van der Waals surface area contributed by atoms with E-state index in [1.54, 1.807) is 42.5 Å². The van der Waals surface area contributed by atoms with Crippen LogP contribution in [0.3, 0.4) is 0 Å². The summed E-state index contributed by atoms with van der Waals surface area (Å²) in [6, 6.07) is 14.9. The summed E-state index contributed by atoms with van der Waals surface area (Å²) in [4.78, 5) is 38.6. The molecular weight excluding hydrogens is 592 g/mol. The maximum absolute atomic E-state index is 15.0. The van der Waals surface area contributed by atoms with E-state index < -0.39 is 23.4 Å². The molecule has 0 radical (unpaired) electrons. The number of hydrogen-bond acceptors (Lipinski definition) is 7. The Kier molecular flexibility index (Phi) is 11.2. The van der Waals surface area contributed by atoms with Crippen molar-refractivity contribution in [2.45, 2.75) is 34.2 Å². The Labute approximate surface area is 267 Å². The van der Waals surface area contributed by atoms with Gasteiger partial charge in [-0.05, 0) is 82.0 Å². The first-order valence-corrected chi connectivity index (χ1v) is 15.1. The summed E-state index contributed by atoms with van der Waals surface area (Å²) < 4.78 is 35.4. The fraction of sp³-hybridized carbons (Fsp3) is 0.294. The van der Waals surface area contributed by atoms with E-state index in [4.69, 9.17) is 9.72 Å². The van der Waals surface area contributed by atoms with Gasteiger partial charge in [-0.25, -0.2) is 23.5 Å². The van der Waals surface area contributed by atoms with Crippen molar-refractivity contribution >= 4 is 35.1 Å². The molecule has 12 heteroatoms. The van der Waals surface area contributed by atoms with Crippen LogP contribution < -0.4 is 25.6 Å². The number of urea groups is 1. The zero-order valence-electron chi connectivity index (χ0n) is 26.9. The fourth-order valence-corrected chi connectivity index (χ4v) is 4.79. The molecule has 3 N–H and O–H groups in total. The van der Waals surface area contributed by atoms with Crippen LogP contribution in [0.5, 0.6) is 5.75 Å². The van der Waals surface area contributed by atoms with Crippen LogP contribution in [0.1, 0.15) is 42.3 Å². The molecular formula is C34H39F2N7O3. The number of benzene rings is 3. The second-order valence-corrected chi connectivity index (χ2v) is 10.4. The normalized spacial score (nSPS) is 12.1. The van der Waals surface area contributed by atoms with Crippen molar-refractivity contribution in [2.75, 3.05) is 49.3 Å². The number of para-hydroxylation sites is 1. The summed E-state index contributed by atoms with van der Waals surface area (Å²) in [5.41, 5.74) is 2.67. The Morgan fingerprint density at radius 1 is 1.04 bits per heavy atom. The average Bonchev–Trinajstić information content (AvgIpc) is 3.03. The summed E-state index contributed by atoms with van der Waals surface area (Å²) in [5.74, 6) is -1.27. The van der Waals surface area contributed by atoms with E-state index in [2.05, 4.69) is 20.9 Å². The number of hydrogen-bond donors (Lipinski definition) is 3. The van der Waals surface area contributed by atoms with E-state index in [0.717, 1.165) is 22.6 Å². The molecule has 1 aliphatic rings. The molecule has 0 fully saturated rings. The van der Waals surface area contributed by atoms with Gasteiger partial charge >= 0.3 is 6.03 Å². The van der Waals surface area contributed by atoms with Crippen molar-refractivity contribution in [3.8, 4) is 17.0 Å². The number of rotatable bonds is 10. The Hall–Kier alpha value is -5.10. The standard InChI is InChI=1S/C32H33F2N7O3.C2H6/c1-5-44-22-13-11-21(12-14-22)37-30(42)20-10-9-19(2)23(17-20)27-24-18-36-32(43)41(28-25(33)7-6-8-26(28)34)29(24)39-31(38-27)35-15-16-40(3)4;1-2/h6-14,17H,5,15-16,18H2,1-4H3,(H,36,43)(H,37,42)(H,35,38,39);1-2H3. The number of nitrogens with zero attached hydrogens (tertiary/aromatic N) is 4. The monoisotopic (exact) mass is 631 g/mol. The van der Waals surface area contributed by atoms with Crippen molar-refractivity contribution in [1.82, 2.24) is 20.2 Å². The number of nitrogens with one attached hydrogen (secondary N) is 3. The highest BCUT2D eigenvalue weighted by molar-refractivity contribution is 6.06. The molecule has 3 amide bonds. The zero-order valence-corrected chi connectivity index (χ0v) is 26.9. The molecule has 10 nitrogen and oxygen atoms in total. The Balaban J connectivity index is 0.00000235. The van der Waals surface area contributed by atoms with Gasteiger partial charge in [0.05, 0.1) is 18.8 Å². The molecule has 242 valence electrons. The van der Waals surface area contributed by atoms with Gasteiger partial charge in [-0.15, -0.1) is 0 Å². The Morgan fingerprint density at radius 2 is 1.74 bits per heavy atom. The van der Waals surface area contributed by atoms with Crippen LogP contribution in [0.2, 0.25) is 0 Å². The van der Waals surface area contributed by atoms with Gasteiger partial charge in [0.15, 0.2) is 5.82 Å². The molecule has 0 saturated carbocycles. The number of aryl methyl sites for hydroxylation is 1. The van der Waals surface area contributed by atoms with E-state index in [1.807, 2.05) is 46.7 Å². The van der Waals surface area contributed by atoms with Crippen LogP contribution in [0.25, 0.3) is 11.3 Å². The lowest BCUT2D eigenvalue weighted by atomic mass is 9.97. The largest absolute Gasteiger partial charge is 0.494 e. The van der Waals surface area contributed by atoms with Crippen molar-refractivity contribution in [3.63, 3.8) is 0 Å². The predicted molar refractivity (Wildman–Crippen MR) is 177 cm³/mol. The van der Waals surface area contributed by atoms with Crippen LogP contribution in [0.4, 0.5) is 36.7 Å². The molecule has 1 aliphatic heterocycles. The molecule has 0 spiro atoms. The molecule has 0 unspecified atom stereocenters. The molecule has 0 saturated heterocycles. The minimum atomic E-state index is -0.917. The first-order valence-electron chi connectivity index (χ1n) is 15.1. The molecule has 5 rings (SSSR count). The number of likely N-dealkylation sites (N-methyl/N-ethyl adjacent to an activating group) is 1. The van der Waals surface area contributed by atoms with E-state index in [1.165, 1.54) is 6.07 Å². The molecule has 46 heavy (non-hydrogen) atoms. The van der Waals surface area contributed by atoms with Gasteiger partial charge in [0.2, 0.25) is 5.95 Å². The second kappa shape index (κ2) is 15.3. The van der Waals surface area contributed by atoms with Gasteiger partial charge in [0.1, 0.15) is 23.1 Å². The summed E-state index contributed by atoms with van der Waals surface area (Å²) in [5, 5.41) is 8.74. The number of aromatic nitrogens is 2. The summed E-state index contributed by atoms with van der Waals surface area (Å²) in [6.45, 7) is 9.43. The second-order valence-electron chi connectivity index (χ2n) is 10.4. The van der Waals surface area contributed by atoms with Crippen molar-refractivity contribution in [2.24, 2.45) is 0 Å². The maximum Gasteiger partial charge on any atom is 0.328 e. The van der Waals surface area contributed by atoms with E-state index in [-0.39, 0.29) is 24.2 Å². The average molecular weight is 632 g/mol. The summed E-state index contributed by atoms with van der Waals surface area (Å²) in [6.07, 6.45) is 0. The summed E-state index contributed by atoms with van der Waals surface area (Å²) >= 11 is 0. The molecule has 0 aliphatic carbocycles. The van der Waals surface area contributed by atoms with Crippen molar-refractivity contribution in [3.05, 3.63) is 89.0 Å². The minimum absolute atomic E-state index is 0.0100. The topological polar surface area (TPSA) is 112 Å². The number of fused-ring (bicyclic) bond motifs is 1. The van der Waals surface area contributed by atoms with Crippen LogP contribution in [0.15, 0.2) is 60.7 Å². The number of halogens is 2. The van der Waals surface area contributed by atoms with Crippen LogP contribution in [-0.2, 0) is 6.54 Å². The molecule has 2 heterocycles. The van der Waals surface area contributed by atoms with E-state index in [0.29, 0.717) is 53.5 Å². The van der Waals surface area contributed by atoms with Gasteiger partial charge in [-0.3, -0.25) is 4.79 Å². The minimum Gasteiger partial charge on any atom is -0.494 e. The SMILES string of the molecule is CC.CCOc1ccc(NC(=O)c2ccc(C)c(-c3nc(NCCN(C)C)nc4c3CNC(=O)N4c3c(F)cccc3F)c2)cc1. The first kappa shape index (κ1) is 33.8. The van der Waals surface area contributed by atoms with Gasteiger partial charge < -0.3 is 25.6 Å². The molecule has 0 atom stereocenters. The number of carbonyl (C=O) groups is 2. The first-order chi connectivity index (χ1) is 22.2. The third-order valence-electron chi connectivity index (χ3n) is 7.00. The maximum atomic E-state index is 15.0. The number of ether oxygens (including phenoxy) is 1. The highest BCUT2D eigenvalue weighted by Gasteiger charge is 2.34. The molecule has 0 bridgehead atoms. The lowest BCUT2D eigenvalue weighted by Gasteiger charge is -2.31. The van der Waals surface area contributed by atoms with Crippen LogP contribution >= 0.6 is 0 Å². The zero-order chi connectivity index (χ0) is 33.4. The number of anilines is 4. The summed E-state index contributed by atoms with van der Waals surface area (Å²) in [7, 11) is 3.84. The Bertz CT molecular complexity index is 1680. The Morgan fingerprint density at radius 3 is 2.39 bits per heavy atom. The van der Waals surface area contributed by atoms with Gasteiger partial charge in [-0.1, -0.05) is 26.0 Å². The fourth-order valence-electron chi connectivity index (χ4n) is 4.79. The number of carbonyl (C=O) groups excluding carboxylic acids is 2. The lowest BCUT2D eigenvalue weighted by molar-refractivity contribution is 0.102. The van der Waals surface area contributed by atoms with Gasteiger partial charge in [0, 0.05) is 35.5 Å². The van der Waals surface area contributed by atoms with Crippen LogP contribution in [-0.4, -0.2) is 60.6 Å². The lowest BCUT2D eigenvalue weighted by Crippen LogP contribution is -2.43. The highest BCUT2D eigenvalue weighted by atomic mass is 19.1. The van der Waals surface area contributed by atoms with E-state index >= 15 is 0 Å². The van der Waals surface area contributed by atoms with Gasteiger partial charge in [-0.2, -0.15) is 4.98 Å². The third-order valence-corrected chi connectivity index (χ3v) is 7.00. The predicted octanol–water partition coefficient (Wildman–Crippen LogP) is 6.74. The van der Waals surface area contributed by atoms with Crippen molar-refractivity contribution in [1.29, 1.82) is 0 Å². The smallest absolute Gasteiger partial charge is 0.328 e. The van der Waals surface area contributed by atoms with Crippen LogP contribution in [0, 0.1) is 18.6 Å². The third kappa shape index (κ3) is 7.57. The van der Waals surface area contributed by atoms with Crippen molar-refractivity contribution < 1.29 is 23.1 Å². The van der Waals surface area contributed by atoms with Gasteiger partial charge in [0.25, 0.3) is 5.91 Å².